The number of aliphatic carboxylic acids is 1. The lowest BCUT2D eigenvalue weighted by Gasteiger charge is -2.02. The first kappa shape index (κ1) is 17.2. The standard InChI is InChI=1S/C10H8N2O2.C10H8O2/c11-7-5-6-3-1-2-4-8(6)12-9(7)10(13)14;11-10(12)9-5-7-3-1-2-4-8(7)6-9/h1-5H,11H2,(H,13,14);1-5H,6H2,(H,11,12). The van der Waals surface area contributed by atoms with E-state index in [1.54, 1.807) is 24.3 Å². The molecule has 0 amide bonds. The third-order valence-electron chi connectivity index (χ3n) is 4.00. The molecule has 0 fully saturated rings. The molecule has 26 heavy (non-hydrogen) atoms. The molecular formula is C20H16N2O4. The molecule has 2 aromatic carbocycles. The van der Waals surface area contributed by atoms with Crippen molar-refractivity contribution < 1.29 is 19.8 Å². The number of nitrogens with two attached hydrogens (primary N) is 1. The van der Waals surface area contributed by atoms with Gasteiger partial charge in [-0.25, -0.2) is 14.6 Å². The number of carboxylic acids is 2. The fourth-order valence-corrected chi connectivity index (χ4v) is 2.72. The van der Waals surface area contributed by atoms with E-state index >= 15 is 0 Å². The first-order valence-electron chi connectivity index (χ1n) is 7.86. The van der Waals surface area contributed by atoms with E-state index in [1.807, 2.05) is 36.4 Å². The number of pyridine rings is 1. The van der Waals surface area contributed by atoms with Crippen LogP contribution in [0.4, 0.5) is 5.69 Å². The summed E-state index contributed by atoms with van der Waals surface area (Å²) in [5, 5.41) is 18.3. The molecule has 0 bridgehead atoms. The Morgan fingerprint density at radius 1 is 0.962 bits per heavy atom. The second-order valence-electron chi connectivity index (χ2n) is 5.77. The molecule has 0 spiro atoms. The minimum Gasteiger partial charge on any atom is -0.478 e. The van der Waals surface area contributed by atoms with Crippen LogP contribution in [0.15, 0.2) is 60.2 Å². The van der Waals surface area contributed by atoms with Gasteiger partial charge >= 0.3 is 11.9 Å². The number of hydrogen-bond donors (Lipinski definition) is 3. The molecule has 0 saturated carbocycles. The van der Waals surface area contributed by atoms with Crippen LogP contribution in [0.5, 0.6) is 0 Å². The van der Waals surface area contributed by atoms with Gasteiger partial charge in [-0.1, -0.05) is 42.5 Å². The molecule has 1 aliphatic carbocycles. The number of para-hydroxylation sites is 1. The zero-order chi connectivity index (χ0) is 18.7. The quantitative estimate of drug-likeness (QED) is 0.655. The van der Waals surface area contributed by atoms with E-state index in [0.29, 0.717) is 17.5 Å². The molecule has 4 rings (SSSR count). The minimum atomic E-state index is -1.10. The van der Waals surface area contributed by atoms with Crippen molar-refractivity contribution in [3.05, 3.63) is 77.0 Å². The Balaban J connectivity index is 0.000000152. The molecule has 0 aliphatic heterocycles. The molecular weight excluding hydrogens is 332 g/mol. The number of nitrogens with zero attached hydrogens (tertiary/aromatic N) is 1. The van der Waals surface area contributed by atoms with Crippen molar-refractivity contribution in [3.63, 3.8) is 0 Å². The van der Waals surface area contributed by atoms with Crippen LogP contribution in [0, 0.1) is 0 Å². The minimum absolute atomic E-state index is 0.0938. The normalized spacial score (nSPS) is 11.9. The molecule has 0 unspecified atom stereocenters. The van der Waals surface area contributed by atoms with Crippen LogP contribution in [0.25, 0.3) is 17.0 Å². The van der Waals surface area contributed by atoms with Gasteiger partial charge in [0.05, 0.1) is 11.2 Å². The maximum absolute atomic E-state index is 10.7. The van der Waals surface area contributed by atoms with Gasteiger partial charge in [-0.3, -0.25) is 0 Å². The Labute approximate surface area is 149 Å². The summed E-state index contributed by atoms with van der Waals surface area (Å²) in [6, 6.07) is 16.6. The van der Waals surface area contributed by atoms with Gasteiger partial charge in [-0.15, -0.1) is 0 Å². The van der Waals surface area contributed by atoms with Crippen LogP contribution in [0.3, 0.4) is 0 Å². The number of aromatic nitrogens is 1. The van der Waals surface area contributed by atoms with Crippen molar-refractivity contribution in [3.8, 4) is 0 Å². The molecule has 1 aromatic heterocycles. The number of hydrogen-bond acceptors (Lipinski definition) is 4. The first-order chi connectivity index (χ1) is 12.5. The van der Waals surface area contributed by atoms with Crippen molar-refractivity contribution in [1.29, 1.82) is 0 Å². The highest BCUT2D eigenvalue weighted by Crippen LogP contribution is 2.24. The number of fused-ring (bicyclic) bond motifs is 2. The zero-order valence-corrected chi connectivity index (χ0v) is 13.7. The second-order valence-corrected chi connectivity index (χ2v) is 5.77. The molecule has 1 heterocycles. The highest BCUT2D eigenvalue weighted by atomic mass is 16.4. The lowest BCUT2D eigenvalue weighted by atomic mass is 10.1. The summed E-state index contributed by atoms with van der Waals surface area (Å²) in [6.45, 7) is 0. The van der Waals surface area contributed by atoms with Gasteiger partial charge in [-0.2, -0.15) is 0 Å². The number of carbonyl (C=O) groups is 2. The molecule has 6 nitrogen and oxygen atoms in total. The Morgan fingerprint density at radius 3 is 2.35 bits per heavy atom. The van der Waals surface area contributed by atoms with Crippen LogP contribution in [0.1, 0.15) is 21.6 Å². The van der Waals surface area contributed by atoms with Gasteiger partial charge in [0.2, 0.25) is 0 Å². The lowest BCUT2D eigenvalue weighted by Crippen LogP contribution is -2.05. The average molecular weight is 348 g/mol. The van der Waals surface area contributed by atoms with E-state index in [1.165, 1.54) is 0 Å². The number of aromatic carboxylic acids is 1. The topological polar surface area (TPSA) is 114 Å². The number of nitrogen functional groups attached to an aromatic ring is 1. The third kappa shape index (κ3) is 3.54. The summed E-state index contributed by atoms with van der Waals surface area (Å²) >= 11 is 0. The molecule has 6 heteroatoms. The highest BCUT2D eigenvalue weighted by molar-refractivity contribution is 5.96. The summed E-state index contributed by atoms with van der Waals surface area (Å²) in [7, 11) is 0. The van der Waals surface area contributed by atoms with E-state index in [-0.39, 0.29) is 11.4 Å². The number of rotatable bonds is 2. The smallest absolute Gasteiger partial charge is 0.356 e. The molecule has 0 radical (unpaired) electrons. The molecule has 4 N–H and O–H groups in total. The first-order valence-corrected chi connectivity index (χ1v) is 7.86. The SMILES string of the molecule is Nc1cc2ccccc2nc1C(=O)O.O=C(O)C1=Cc2ccccc2C1. The third-order valence-corrected chi connectivity index (χ3v) is 4.00. The van der Waals surface area contributed by atoms with Gasteiger partial charge < -0.3 is 15.9 Å². The van der Waals surface area contributed by atoms with Crippen molar-refractivity contribution in [2.24, 2.45) is 0 Å². The van der Waals surface area contributed by atoms with Crippen molar-refractivity contribution >= 4 is 34.6 Å². The summed E-state index contributed by atoms with van der Waals surface area (Å²) in [4.78, 5) is 25.3. The molecule has 3 aromatic rings. The number of anilines is 1. The van der Waals surface area contributed by atoms with Crippen LogP contribution >= 0.6 is 0 Å². The van der Waals surface area contributed by atoms with E-state index in [9.17, 15) is 9.59 Å². The van der Waals surface area contributed by atoms with Crippen molar-refractivity contribution in [2.75, 3.05) is 5.73 Å². The number of carboxylic acid groups (broad SMARTS) is 2. The fraction of sp³-hybridized carbons (Fsp3) is 0.0500. The predicted molar refractivity (Wildman–Crippen MR) is 98.9 cm³/mol. The summed E-state index contributed by atoms with van der Waals surface area (Å²) in [5.41, 5.74) is 8.91. The summed E-state index contributed by atoms with van der Waals surface area (Å²) in [5.74, 6) is -1.92. The van der Waals surface area contributed by atoms with Gasteiger partial charge in [0.1, 0.15) is 0 Å². The summed E-state index contributed by atoms with van der Waals surface area (Å²) < 4.78 is 0. The van der Waals surface area contributed by atoms with E-state index in [0.717, 1.165) is 16.5 Å². The Hall–Kier alpha value is -3.67. The van der Waals surface area contributed by atoms with Gasteiger partial charge in [0.25, 0.3) is 0 Å². The maximum atomic E-state index is 10.7. The molecule has 0 atom stereocenters. The Kier molecular flexibility index (Phi) is 4.66. The Morgan fingerprint density at radius 2 is 1.65 bits per heavy atom. The maximum Gasteiger partial charge on any atom is 0.356 e. The molecule has 0 saturated heterocycles. The van der Waals surface area contributed by atoms with Gasteiger partial charge in [0.15, 0.2) is 5.69 Å². The van der Waals surface area contributed by atoms with Crippen molar-refractivity contribution in [1.82, 2.24) is 4.98 Å². The van der Waals surface area contributed by atoms with E-state index in [2.05, 4.69) is 4.98 Å². The van der Waals surface area contributed by atoms with Gasteiger partial charge in [0, 0.05) is 17.4 Å². The summed E-state index contributed by atoms with van der Waals surface area (Å²) in [6.07, 6.45) is 2.29. The van der Waals surface area contributed by atoms with Gasteiger partial charge in [-0.05, 0) is 29.3 Å². The lowest BCUT2D eigenvalue weighted by molar-refractivity contribution is -0.132. The second kappa shape index (κ2) is 7.06. The van der Waals surface area contributed by atoms with E-state index in [4.69, 9.17) is 15.9 Å². The fourth-order valence-electron chi connectivity index (χ4n) is 2.72. The van der Waals surface area contributed by atoms with Crippen molar-refractivity contribution in [2.45, 2.75) is 6.42 Å². The van der Waals surface area contributed by atoms with Crippen LogP contribution in [-0.4, -0.2) is 27.1 Å². The Bertz CT molecular complexity index is 1040. The average Bonchev–Trinajstić information content (AvgIpc) is 3.06. The van der Waals surface area contributed by atoms with E-state index < -0.39 is 11.9 Å². The predicted octanol–water partition coefficient (Wildman–Crippen LogP) is 3.23. The molecule has 130 valence electrons. The van der Waals surface area contributed by atoms with Crippen LogP contribution in [0.2, 0.25) is 0 Å². The largest absolute Gasteiger partial charge is 0.478 e. The van der Waals surface area contributed by atoms with Crippen LogP contribution < -0.4 is 5.73 Å². The van der Waals surface area contributed by atoms with Crippen LogP contribution in [-0.2, 0) is 11.2 Å². The molecule has 1 aliphatic rings. The number of benzene rings is 2. The monoisotopic (exact) mass is 348 g/mol. The highest BCUT2D eigenvalue weighted by Gasteiger charge is 2.16. The zero-order valence-electron chi connectivity index (χ0n) is 13.7.